The summed E-state index contributed by atoms with van der Waals surface area (Å²) in [5.74, 6) is 0.932. The number of nitrogens with zero attached hydrogens (tertiary/aromatic N) is 1. The van der Waals surface area contributed by atoms with Crippen molar-refractivity contribution in [1.82, 2.24) is 5.32 Å². The fraction of sp³-hybridized carbons (Fsp3) is 0.500. The van der Waals surface area contributed by atoms with Crippen LogP contribution in [0, 0.1) is 0 Å². The van der Waals surface area contributed by atoms with Crippen LogP contribution in [0.5, 0.6) is 5.75 Å². The van der Waals surface area contributed by atoms with Crippen molar-refractivity contribution in [3.05, 3.63) is 29.8 Å². The summed E-state index contributed by atoms with van der Waals surface area (Å²) in [4.78, 5) is 4.99. The van der Waals surface area contributed by atoms with Gasteiger partial charge in [-0.3, -0.25) is 0 Å². The summed E-state index contributed by atoms with van der Waals surface area (Å²) in [6, 6.07) is 8.07. The summed E-state index contributed by atoms with van der Waals surface area (Å²) >= 11 is 0. The van der Waals surface area contributed by atoms with Gasteiger partial charge in [-0.15, -0.1) is 0 Å². The quantitative estimate of drug-likeness (QED) is 0.770. The molecular formula is C14H18N2O2. The van der Waals surface area contributed by atoms with Crippen molar-refractivity contribution in [3.8, 4) is 5.75 Å². The zero-order valence-corrected chi connectivity index (χ0v) is 10.6. The van der Waals surface area contributed by atoms with Gasteiger partial charge in [-0.1, -0.05) is 17.3 Å². The fourth-order valence-electron chi connectivity index (χ4n) is 2.82. The third-order valence-corrected chi connectivity index (χ3v) is 3.73. The average Bonchev–Trinajstić information content (AvgIpc) is 2.40. The first-order valence-electron chi connectivity index (χ1n) is 6.42. The molecule has 0 aliphatic carbocycles. The molecule has 1 N–H and O–H groups in total. The Morgan fingerprint density at radius 2 is 2.06 bits per heavy atom. The van der Waals surface area contributed by atoms with E-state index in [0.717, 1.165) is 49.4 Å². The molecule has 0 amide bonds. The van der Waals surface area contributed by atoms with E-state index in [2.05, 4.69) is 10.5 Å². The zero-order chi connectivity index (χ0) is 12.4. The molecule has 18 heavy (non-hydrogen) atoms. The second-order valence-corrected chi connectivity index (χ2v) is 4.93. The van der Waals surface area contributed by atoms with Gasteiger partial charge in [-0.25, -0.2) is 0 Å². The van der Waals surface area contributed by atoms with Gasteiger partial charge in [-0.2, -0.15) is 0 Å². The molecule has 4 heteroatoms. The molecule has 0 unspecified atom stereocenters. The SMILES string of the molecule is CON=C1CC2(CCNCC2)Oc2ccccc21. The van der Waals surface area contributed by atoms with Crippen LogP contribution in [0.3, 0.4) is 0 Å². The van der Waals surface area contributed by atoms with Crippen molar-refractivity contribution in [1.29, 1.82) is 0 Å². The third kappa shape index (κ3) is 1.97. The number of hydrogen-bond donors (Lipinski definition) is 1. The summed E-state index contributed by atoms with van der Waals surface area (Å²) in [5, 5.41) is 7.57. The van der Waals surface area contributed by atoms with Gasteiger partial charge in [-0.05, 0) is 25.2 Å². The Labute approximate surface area is 107 Å². The van der Waals surface area contributed by atoms with Crippen LogP contribution in [0.15, 0.2) is 29.4 Å². The molecule has 2 aliphatic heterocycles. The van der Waals surface area contributed by atoms with Gasteiger partial charge < -0.3 is 14.9 Å². The maximum absolute atomic E-state index is 6.26. The molecule has 1 aromatic rings. The van der Waals surface area contributed by atoms with Gasteiger partial charge in [0.2, 0.25) is 0 Å². The number of rotatable bonds is 1. The summed E-state index contributed by atoms with van der Waals surface area (Å²) in [6.45, 7) is 2.00. The lowest BCUT2D eigenvalue weighted by molar-refractivity contribution is 0.0374. The molecule has 96 valence electrons. The minimum absolute atomic E-state index is 0.100. The highest BCUT2D eigenvalue weighted by molar-refractivity contribution is 6.04. The Morgan fingerprint density at radius 3 is 2.83 bits per heavy atom. The van der Waals surface area contributed by atoms with Gasteiger partial charge in [0.15, 0.2) is 0 Å². The maximum atomic E-state index is 6.26. The van der Waals surface area contributed by atoms with Crippen LogP contribution in [-0.2, 0) is 4.84 Å². The van der Waals surface area contributed by atoms with E-state index >= 15 is 0 Å². The Balaban J connectivity index is 1.99. The second kappa shape index (κ2) is 4.61. The van der Waals surface area contributed by atoms with Crippen molar-refractivity contribution < 1.29 is 9.57 Å². The molecule has 0 aromatic heterocycles. The van der Waals surface area contributed by atoms with Crippen molar-refractivity contribution in [3.63, 3.8) is 0 Å². The first kappa shape index (κ1) is 11.5. The lowest BCUT2D eigenvalue weighted by atomic mass is 9.82. The molecule has 0 atom stereocenters. The van der Waals surface area contributed by atoms with Gasteiger partial charge >= 0.3 is 0 Å². The lowest BCUT2D eigenvalue weighted by Gasteiger charge is -2.41. The number of piperidine rings is 1. The Kier molecular flexibility index (Phi) is 2.96. The molecule has 0 radical (unpaired) electrons. The van der Waals surface area contributed by atoms with E-state index in [1.807, 2.05) is 24.3 Å². The smallest absolute Gasteiger partial charge is 0.129 e. The van der Waals surface area contributed by atoms with Crippen LogP contribution >= 0.6 is 0 Å². The van der Waals surface area contributed by atoms with Gasteiger partial charge in [0.25, 0.3) is 0 Å². The van der Waals surface area contributed by atoms with E-state index < -0.39 is 0 Å². The molecule has 4 nitrogen and oxygen atoms in total. The summed E-state index contributed by atoms with van der Waals surface area (Å²) < 4.78 is 6.26. The highest BCUT2D eigenvalue weighted by Crippen LogP contribution is 2.38. The number of fused-ring (bicyclic) bond motifs is 1. The molecule has 1 saturated heterocycles. The number of oxime groups is 1. The third-order valence-electron chi connectivity index (χ3n) is 3.73. The molecule has 1 spiro atoms. The Bertz CT molecular complexity index is 465. The molecule has 2 aliphatic rings. The maximum Gasteiger partial charge on any atom is 0.129 e. The zero-order valence-electron chi connectivity index (χ0n) is 10.6. The van der Waals surface area contributed by atoms with Crippen LogP contribution in [0.4, 0.5) is 0 Å². The van der Waals surface area contributed by atoms with Crippen molar-refractivity contribution >= 4 is 5.71 Å². The molecule has 2 heterocycles. The molecule has 0 bridgehead atoms. The van der Waals surface area contributed by atoms with Gasteiger partial charge in [0.05, 0.1) is 5.71 Å². The minimum atomic E-state index is -0.100. The largest absolute Gasteiger partial charge is 0.486 e. The molecule has 0 saturated carbocycles. The Morgan fingerprint density at radius 1 is 1.28 bits per heavy atom. The minimum Gasteiger partial charge on any atom is -0.486 e. The van der Waals surface area contributed by atoms with E-state index in [9.17, 15) is 0 Å². The average molecular weight is 246 g/mol. The van der Waals surface area contributed by atoms with Crippen LogP contribution in [0.2, 0.25) is 0 Å². The van der Waals surface area contributed by atoms with E-state index in [-0.39, 0.29) is 5.60 Å². The van der Waals surface area contributed by atoms with Crippen molar-refractivity contribution in [2.24, 2.45) is 5.16 Å². The monoisotopic (exact) mass is 246 g/mol. The predicted molar refractivity (Wildman–Crippen MR) is 70.1 cm³/mol. The van der Waals surface area contributed by atoms with E-state index in [1.54, 1.807) is 7.11 Å². The molecule has 3 rings (SSSR count). The number of hydrogen-bond acceptors (Lipinski definition) is 4. The molecule has 1 aromatic carbocycles. The van der Waals surface area contributed by atoms with Crippen LogP contribution < -0.4 is 10.1 Å². The summed E-state index contributed by atoms with van der Waals surface area (Å²) in [6.07, 6.45) is 2.87. The second-order valence-electron chi connectivity index (χ2n) is 4.93. The first-order chi connectivity index (χ1) is 8.83. The van der Waals surface area contributed by atoms with E-state index in [0.29, 0.717) is 0 Å². The fourth-order valence-corrected chi connectivity index (χ4v) is 2.82. The van der Waals surface area contributed by atoms with E-state index in [1.165, 1.54) is 0 Å². The van der Waals surface area contributed by atoms with E-state index in [4.69, 9.17) is 9.57 Å². The highest BCUT2D eigenvalue weighted by Gasteiger charge is 2.40. The molecule has 1 fully saturated rings. The predicted octanol–water partition coefficient (Wildman–Crippen LogP) is 1.94. The van der Waals surface area contributed by atoms with Crippen molar-refractivity contribution in [2.75, 3.05) is 20.2 Å². The summed E-state index contributed by atoms with van der Waals surface area (Å²) in [7, 11) is 1.60. The highest BCUT2D eigenvalue weighted by atomic mass is 16.6. The van der Waals surface area contributed by atoms with Gasteiger partial charge in [0, 0.05) is 24.8 Å². The topological polar surface area (TPSA) is 42.8 Å². The van der Waals surface area contributed by atoms with Gasteiger partial charge in [0.1, 0.15) is 18.5 Å². The lowest BCUT2D eigenvalue weighted by Crippen LogP contribution is -2.49. The summed E-state index contributed by atoms with van der Waals surface area (Å²) in [5.41, 5.74) is 1.96. The number of para-hydroxylation sites is 1. The van der Waals surface area contributed by atoms with Crippen LogP contribution in [-0.4, -0.2) is 31.5 Å². The Hall–Kier alpha value is -1.55. The normalized spacial score (nSPS) is 23.5. The standard InChI is InChI=1S/C14H18N2O2/c1-17-16-12-10-14(6-8-15-9-7-14)18-13-5-3-2-4-11(12)13/h2-5,15H,6-10H2,1H3. The number of benzene rings is 1. The number of nitrogens with one attached hydrogen (secondary N) is 1. The first-order valence-corrected chi connectivity index (χ1v) is 6.42. The van der Waals surface area contributed by atoms with Crippen molar-refractivity contribution in [2.45, 2.75) is 24.9 Å². The number of ether oxygens (including phenoxy) is 1. The van der Waals surface area contributed by atoms with Crippen LogP contribution in [0.25, 0.3) is 0 Å². The van der Waals surface area contributed by atoms with Crippen LogP contribution in [0.1, 0.15) is 24.8 Å². The molecular weight excluding hydrogens is 228 g/mol.